The maximum Gasteiger partial charge on any atom is 0.266 e. The molecule has 0 saturated carbocycles. The van der Waals surface area contributed by atoms with E-state index in [4.69, 9.17) is 0 Å². The number of aromatic nitrogens is 7. The van der Waals surface area contributed by atoms with Crippen LogP contribution in [0.5, 0.6) is 0 Å². The second-order valence-electron chi connectivity index (χ2n) is 8.28. The summed E-state index contributed by atoms with van der Waals surface area (Å²) in [6, 6.07) is 9.31. The molecule has 10 heteroatoms. The molecular formula is C22H27N9O. The van der Waals surface area contributed by atoms with Crippen molar-refractivity contribution in [3.8, 4) is 5.82 Å². The Morgan fingerprint density at radius 3 is 2.47 bits per heavy atom. The fraction of sp³-hybridized carbons (Fsp3) is 0.409. The van der Waals surface area contributed by atoms with Gasteiger partial charge in [0.25, 0.3) is 5.56 Å². The van der Waals surface area contributed by atoms with Crippen LogP contribution in [0.2, 0.25) is 0 Å². The molecule has 0 N–H and O–H groups in total. The van der Waals surface area contributed by atoms with Crippen LogP contribution in [0, 0.1) is 20.8 Å². The summed E-state index contributed by atoms with van der Waals surface area (Å²) in [6.45, 7) is 10.9. The van der Waals surface area contributed by atoms with Crippen LogP contribution in [0.1, 0.15) is 17.1 Å². The van der Waals surface area contributed by atoms with E-state index < -0.39 is 0 Å². The van der Waals surface area contributed by atoms with Crippen molar-refractivity contribution >= 4 is 11.5 Å². The maximum absolute atomic E-state index is 12.4. The van der Waals surface area contributed by atoms with Gasteiger partial charge in [0.15, 0.2) is 11.5 Å². The highest BCUT2D eigenvalue weighted by Crippen LogP contribution is 2.18. The molecule has 0 bridgehead atoms. The van der Waals surface area contributed by atoms with E-state index in [0.29, 0.717) is 12.4 Å². The van der Waals surface area contributed by atoms with Gasteiger partial charge in [0.2, 0.25) is 0 Å². The Labute approximate surface area is 185 Å². The van der Waals surface area contributed by atoms with E-state index in [9.17, 15) is 4.79 Å². The molecule has 10 nitrogen and oxygen atoms in total. The van der Waals surface area contributed by atoms with E-state index in [-0.39, 0.29) is 5.56 Å². The van der Waals surface area contributed by atoms with Crippen LogP contribution < -0.4 is 10.5 Å². The molecule has 1 aliphatic rings. The Morgan fingerprint density at radius 2 is 1.72 bits per heavy atom. The molecule has 5 heterocycles. The van der Waals surface area contributed by atoms with Gasteiger partial charge in [-0.2, -0.15) is 14.7 Å². The first-order valence-electron chi connectivity index (χ1n) is 10.9. The fourth-order valence-corrected chi connectivity index (χ4v) is 4.25. The van der Waals surface area contributed by atoms with Gasteiger partial charge in [0, 0.05) is 62.3 Å². The summed E-state index contributed by atoms with van der Waals surface area (Å²) in [6.07, 6.45) is 1.78. The lowest BCUT2D eigenvalue weighted by molar-refractivity contribution is 0.242. The number of fused-ring (bicyclic) bond motifs is 1. The van der Waals surface area contributed by atoms with E-state index in [1.807, 2.05) is 37.4 Å². The standard InChI is InChI=1S/C22H27N9O/c1-16-15-21(31-19(24-16)6-7-23-31)28-11-8-27(9-12-28)10-13-29-22(32)5-4-20(26-29)30-18(3)14-17(2)25-30/h4-7,14-15H,8-13H2,1-3H3. The summed E-state index contributed by atoms with van der Waals surface area (Å²) < 4.78 is 5.21. The van der Waals surface area contributed by atoms with Gasteiger partial charge in [-0.3, -0.25) is 9.69 Å². The van der Waals surface area contributed by atoms with Gasteiger partial charge in [-0.25, -0.2) is 14.3 Å². The molecule has 32 heavy (non-hydrogen) atoms. The number of rotatable bonds is 5. The molecule has 4 aromatic heterocycles. The molecular weight excluding hydrogens is 406 g/mol. The Bertz CT molecular complexity index is 1310. The Kier molecular flexibility index (Phi) is 5.22. The molecule has 0 aromatic carbocycles. The fourth-order valence-electron chi connectivity index (χ4n) is 4.25. The molecule has 1 aliphatic heterocycles. The highest BCUT2D eigenvalue weighted by Gasteiger charge is 2.20. The van der Waals surface area contributed by atoms with E-state index in [0.717, 1.165) is 61.3 Å². The van der Waals surface area contributed by atoms with Crippen molar-refractivity contribution in [2.45, 2.75) is 27.3 Å². The third-order valence-corrected chi connectivity index (χ3v) is 5.87. The average Bonchev–Trinajstić information content (AvgIpc) is 3.38. The highest BCUT2D eigenvalue weighted by atomic mass is 16.1. The molecule has 0 aliphatic carbocycles. The molecule has 0 radical (unpaired) electrons. The third kappa shape index (κ3) is 3.89. The number of anilines is 1. The lowest BCUT2D eigenvalue weighted by Crippen LogP contribution is -2.48. The quantitative estimate of drug-likeness (QED) is 0.467. The minimum absolute atomic E-state index is 0.0951. The van der Waals surface area contributed by atoms with E-state index in [1.165, 1.54) is 4.68 Å². The summed E-state index contributed by atoms with van der Waals surface area (Å²) in [5.41, 5.74) is 3.69. The number of aryl methyl sites for hydroxylation is 3. The zero-order valence-electron chi connectivity index (χ0n) is 18.6. The van der Waals surface area contributed by atoms with Crippen molar-refractivity contribution < 1.29 is 0 Å². The molecule has 0 atom stereocenters. The van der Waals surface area contributed by atoms with Gasteiger partial charge in [-0.1, -0.05) is 0 Å². The van der Waals surface area contributed by atoms with Crippen LogP contribution in [0.15, 0.2) is 41.3 Å². The van der Waals surface area contributed by atoms with Crippen LogP contribution in [0.4, 0.5) is 5.82 Å². The van der Waals surface area contributed by atoms with Crippen LogP contribution in [-0.4, -0.2) is 71.8 Å². The summed E-state index contributed by atoms with van der Waals surface area (Å²) in [7, 11) is 0. The SMILES string of the molecule is Cc1cc(N2CCN(CCn3nc(-n4nc(C)cc4C)ccc3=O)CC2)n2nccc2n1. The van der Waals surface area contributed by atoms with Crippen molar-refractivity contribution in [2.24, 2.45) is 0 Å². The van der Waals surface area contributed by atoms with Gasteiger partial charge in [0.1, 0.15) is 5.82 Å². The number of piperazine rings is 1. The van der Waals surface area contributed by atoms with Crippen LogP contribution >= 0.6 is 0 Å². The lowest BCUT2D eigenvalue weighted by atomic mass is 10.3. The summed E-state index contributed by atoms with van der Waals surface area (Å²) in [5.74, 6) is 1.74. The predicted octanol–water partition coefficient (Wildman–Crippen LogP) is 1.22. The Morgan fingerprint density at radius 1 is 0.906 bits per heavy atom. The van der Waals surface area contributed by atoms with Crippen molar-refractivity contribution in [3.63, 3.8) is 0 Å². The van der Waals surface area contributed by atoms with Crippen LogP contribution in [0.3, 0.4) is 0 Å². The topological polar surface area (TPSA) is 89.4 Å². The first-order valence-corrected chi connectivity index (χ1v) is 10.9. The van der Waals surface area contributed by atoms with Gasteiger partial charge < -0.3 is 4.90 Å². The minimum atomic E-state index is -0.0951. The summed E-state index contributed by atoms with van der Waals surface area (Å²) in [4.78, 5) is 21.6. The van der Waals surface area contributed by atoms with E-state index in [2.05, 4.69) is 36.1 Å². The number of hydrogen-bond donors (Lipinski definition) is 0. The Balaban J connectivity index is 1.24. The second-order valence-corrected chi connectivity index (χ2v) is 8.28. The molecule has 4 aromatic rings. The van der Waals surface area contributed by atoms with Crippen LogP contribution in [0.25, 0.3) is 11.5 Å². The van der Waals surface area contributed by atoms with Gasteiger partial charge in [-0.15, -0.1) is 5.10 Å². The predicted molar refractivity (Wildman–Crippen MR) is 121 cm³/mol. The third-order valence-electron chi connectivity index (χ3n) is 5.87. The van der Waals surface area contributed by atoms with Gasteiger partial charge in [0.05, 0.1) is 18.4 Å². The molecule has 0 unspecified atom stereocenters. The largest absolute Gasteiger partial charge is 0.354 e. The second kappa shape index (κ2) is 8.19. The van der Waals surface area contributed by atoms with E-state index >= 15 is 0 Å². The molecule has 166 valence electrons. The van der Waals surface area contributed by atoms with Crippen molar-refractivity contribution in [3.05, 3.63) is 64.0 Å². The first-order chi connectivity index (χ1) is 15.5. The molecule has 1 saturated heterocycles. The number of hydrogen-bond acceptors (Lipinski definition) is 7. The normalized spacial score (nSPS) is 15.0. The van der Waals surface area contributed by atoms with Crippen molar-refractivity contribution in [1.29, 1.82) is 0 Å². The molecule has 1 fully saturated rings. The summed E-state index contributed by atoms with van der Waals surface area (Å²) >= 11 is 0. The van der Waals surface area contributed by atoms with Gasteiger partial charge >= 0.3 is 0 Å². The zero-order chi connectivity index (χ0) is 22.2. The summed E-state index contributed by atoms with van der Waals surface area (Å²) in [5, 5.41) is 13.5. The van der Waals surface area contributed by atoms with Crippen LogP contribution in [-0.2, 0) is 6.54 Å². The highest BCUT2D eigenvalue weighted by molar-refractivity contribution is 5.51. The average molecular weight is 434 g/mol. The van der Waals surface area contributed by atoms with E-state index in [1.54, 1.807) is 23.0 Å². The monoisotopic (exact) mass is 433 g/mol. The van der Waals surface area contributed by atoms with Gasteiger partial charge in [-0.05, 0) is 32.9 Å². The smallest absolute Gasteiger partial charge is 0.266 e. The lowest BCUT2D eigenvalue weighted by Gasteiger charge is -2.36. The zero-order valence-corrected chi connectivity index (χ0v) is 18.6. The molecule has 0 spiro atoms. The number of nitrogens with zero attached hydrogens (tertiary/aromatic N) is 9. The maximum atomic E-state index is 12.4. The molecule has 5 rings (SSSR count). The molecule has 0 amide bonds. The van der Waals surface area contributed by atoms with Crippen molar-refractivity contribution in [1.82, 2.24) is 39.1 Å². The first kappa shape index (κ1) is 20.4. The minimum Gasteiger partial charge on any atom is -0.354 e. The van der Waals surface area contributed by atoms with Crippen molar-refractivity contribution in [2.75, 3.05) is 37.6 Å². The Hall–Kier alpha value is -3.53.